The first-order valence-electron chi connectivity index (χ1n) is 8.21. The van der Waals surface area contributed by atoms with Crippen LogP contribution in [0.25, 0.3) is 17.0 Å². The maximum absolute atomic E-state index is 5.85. The fourth-order valence-corrected chi connectivity index (χ4v) is 2.64. The van der Waals surface area contributed by atoms with E-state index in [0.29, 0.717) is 11.8 Å². The van der Waals surface area contributed by atoms with Gasteiger partial charge in [0.15, 0.2) is 5.76 Å². The van der Waals surface area contributed by atoms with Crippen LogP contribution in [0, 0.1) is 6.92 Å². The lowest BCUT2D eigenvalue weighted by molar-refractivity contribution is 0.415. The van der Waals surface area contributed by atoms with Crippen molar-refractivity contribution >= 4 is 11.7 Å². The molecule has 0 aliphatic rings. The average molecular weight is 346 g/mol. The summed E-state index contributed by atoms with van der Waals surface area (Å²) in [6, 6.07) is 16.1. The largest absolute Gasteiger partial charge is 0.497 e. The monoisotopic (exact) mass is 346 g/mol. The summed E-state index contributed by atoms with van der Waals surface area (Å²) in [5.74, 6) is 1.47. The van der Waals surface area contributed by atoms with Crippen molar-refractivity contribution in [2.24, 2.45) is 0 Å². The van der Waals surface area contributed by atoms with Crippen LogP contribution >= 0.6 is 0 Å². The molecular weight excluding hydrogens is 328 g/mol. The summed E-state index contributed by atoms with van der Waals surface area (Å²) in [5, 5.41) is 7.42. The van der Waals surface area contributed by atoms with Crippen molar-refractivity contribution in [1.29, 1.82) is 0 Å². The molecule has 2 heterocycles. The third-order valence-electron chi connectivity index (χ3n) is 4.11. The molecule has 0 aliphatic carbocycles. The first-order chi connectivity index (χ1) is 12.7. The lowest BCUT2D eigenvalue weighted by Crippen LogP contribution is -1.94. The van der Waals surface area contributed by atoms with Crippen molar-refractivity contribution in [3.8, 4) is 22.8 Å². The summed E-state index contributed by atoms with van der Waals surface area (Å²) in [7, 11) is 1.64. The van der Waals surface area contributed by atoms with E-state index in [1.54, 1.807) is 19.5 Å². The Bertz CT molecular complexity index is 1000. The van der Waals surface area contributed by atoms with Crippen LogP contribution in [0.5, 0.6) is 5.75 Å². The topological polar surface area (TPSA) is 65.1 Å². The SMILES string of the molecule is COc1ccc(C)c(Nc2ncc(-c3ccc(-n4cccn4)cc3)o2)c1. The molecule has 4 rings (SSSR count). The van der Waals surface area contributed by atoms with E-state index in [2.05, 4.69) is 15.4 Å². The molecule has 0 atom stereocenters. The number of aromatic nitrogens is 3. The minimum Gasteiger partial charge on any atom is -0.497 e. The van der Waals surface area contributed by atoms with E-state index in [4.69, 9.17) is 9.15 Å². The van der Waals surface area contributed by atoms with Gasteiger partial charge in [-0.2, -0.15) is 5.10 Å². The first kappa shape index (κ1) is 16.0. The number of oxazole rings is 1. The quantitative estimate of drug-likeness (QED) is 0.573. The predicted octanol–water partition coefficient (Wildman–Crippen LogP) is 4.59. The van der Waals surface area contributed by atoms with Gasteiger partial charge in [-0.05, 0) is 48.9 Å². The molecule has 1 N–H and O–H groups in total. The molecule has 2 aromatic heterocycles. The fourth-order valence-electron chi connectivity index (χ4n) is 2.64. The van der Waals surface area contributed by atoms with Gasteiger partial charge in [0.1, 0.15) is 5.75 Å². The third kappa shape index (κ3) is 3.17. The normalized spacial score (nSPS) is 10.7. The number of ether oxygens (including phenoxy) is 1. The Hall–Kier alpha value is -3.54. The van der Waals surface area contributed by atoms with Crippen molar-refractivity contribution in [3.05, 3.63) is 72.7 Å². The highest BCUT2D eigenvalue weighted by atomic mass is 16.5. The summed E-state index contributed by atoms with van der Waals surface area (Å²) in [4.78, 5) is 4.32. The van der Waals surface area contributed by atoms with E-state index in [1.807, 2.05) is 66.3 Å². The zero-order chi connectivity index (χ0) is 17.9. The highest BCUT2D eigenvalue weighted by molar-refractivity contribution is 5.63. The van der Waals surface area contributed by atoms with E-state index in [1.165, 1.54) is 0 Å². The minimum atomic E-state index is 0.438. The van der Waals surface area contributed by atoms with Crippen LogP contribution < -0.4 is 10.1 Å². The Morgan fingerprint density at radius 2 is 1.96 bits per heavy atom. The number of nitrogens with zero attached hydrogens (tertiary/aromatic N) is 3. The molecule has 0 spiro atoms. The maximum atomic E-state index is 5.85. The van der Waals surface area contributed by atoms with Crippen LogP contribution in [0.3, 0.4) is 0 Å². The molecule has 0 saturated carbocycles. The van der Waals surface area contributed by atoms with Crippen LogP contribution in [0.4, 0.5) is 11.7 Å². The highest BCUT2D eigenvalue weighted by Gasteiger charge is 2.09. The number of aryl methyl sites for hydroxylation is 1. The Kier molecular flexibility index (Phi) is 4.15. The van der Waals surface area contributed by atoms with Crippen molar-refractivity contribution < 1.29 is 9.15 Å². The van der Waals surface area contributed by atoms with Gasteiger partial charge in [-0.1, -0.05) is 6.07 Å². The molecule has 2 aromatic carbocycles. The number of nitrogens with one attached hydrogen (secondary N) is 1. The second-order valence-electron chi connectivity index (χ2n) is 5.83. The summed E-state index contributed by atoms with van der Waals surface area (Å²) in [5.41, 5.74) is 3.91. The Labute approximate surface area is 151 Å². The molecule has 0 unspecified atom stereocenters. The van der Waals surface area contributed by atoms with E-state index >= 15 is 0 Å². The van der Waals surface area contributed by atoms with Crippen LogP contribution in [0.2, 0.25) is 0 Å². The van der Waals surface area contributed by atoms with E-state index < -0.39 is 0 Å². The van der Waals surface area contributed by atoms with Gasteiger partial charge in [0, 0.05) is 29.7 Å². The molecule has 6 nitrogen and oxygen atoms in total. The molecule has 130 valence electrons. The Morgan fingerprint density at radius 1 is 1.12 bits per heavy atom. The van der Waals surface area contributed by atoms with Crippen molar-refractivity contribution in [1.82, 2.24) is 14.8 Å². The van der Waals surface area contributed by atoms with Gasteiger partial charge < -0.3 is 14.5 Å². The molecule has 26 heavy (non-hydrogen) atoms. The van der Waals surface area contributed by atoms with Crippen LogP contribution in [-0.4, -0.2) is 21.9 Å². The standard InChI is InChI=1S/C20H18N4O2/c1-14-4-9-17(25-2)12-18(14)23-20-21-13-19(26-20)15-5-7-16(8-6-15)24-11-3-10-22-24/h3-13H,1-2H3,(H,21,23). The number of rotatable bonds is 5. The molecule has 0 saturated heterocycles. The summed E-state index contributed by atoms with van der Waals surface area (Å²) in [6.07, 6.45) is 5.37. The maximum Gasteiger partial charge on any atom is 0.299 e. The van der Waals surface area contributed by atoms with Crippen LogP contribution in [0.1, 0.15) is 5.56 Å². The molecule has 6 heteroatoms. The van der Waals surface area contributed by atoms with Crippen LogP contribution in [0.15, 0.2) is 71.5 Å². The van der Waals surface area contributed by atoms with Gasteiger partial charge in [0.25, 0.3) is 6.01 Å². The van der Waals surface area contributed by atoms with Gasteiger partial charge in [-0.15, -0.1) is 0 Å². The Balaban J connectivity index is 1.55. The zero-order valence-corrected chi connectivity index (χ0v) is 14.5. The first-order valence-corrected chi connectivity index (χ1v) is 8.21. The van der Waals surface area contributed by atoms with Gasteiger partial charge in [-0.25, -0.2) is 9.67 Å². The molecule has 4 aromatic rings. The van der Waals surface area contributed by atoms with Gasteiger partial charge >= 0.3 is 0 Å². The van der Waals surface area contributed by atoms with Gasteiger partial charge in [-0.3, -0.25) is 0 Å². The number of hydrogen-bond acceptors (Lipinski definition) is 5. The predicted molar refractivity (Wildman–Crippen MR) is 100 cm³/mol. The van der Waals surface area contributed by atoms with Crippen molar-refractivity contribution in [3.63, 3.8) is 0 Å². The van der Waals surface area contributed by atoms with Gasteiger partial charge in [0.05, 0.1) is 19.0 Å². The number of hydrogen-bond donors (Lipinski definition) is 1. The molecular formula is C20H18N4O2. The van der Waals surface area contributed by atoms with E-state index in [0.717, 1.165) is 28.3 Å². The zero-order valence-electron chi connectivity index (χ0n) is 14.5. The highest BCUT2D eigenvalue weighted by Crippen LogP contribution is 2.28. The Morgan fingerprint density at radius 3 is 2.69 bits per heavy atom. The smallest absolute Gasteiger partial charge is 0.299 e. The molecule has 0 bridgehead atoms. The van der Waals surface area contributed by atoms with E-state index in [9.17, 15) is 0 Å². The second kappa shape index (κ2) is 6.76. The number of methoxy groups -OCH3 is 1. The molecule has 0 aliphatic heterocycles. The van der Waals surface area contributed by atoms with Crippen molar-refractivity contribution in [2.45, 2.75) is 6.92 Å². The summed E-state index contributed by atoms with van der Waals surface area (Å²) in [6.45, 7) is 2.01. The summed E-state index contributed by atoms with van der Waals surface area (Å²) < 4.78 is 12.9. The number of anilines is 2. The van der Waals surface area contributed by atoms with Crippen molar-refractivity contribution in [2.75, 3.05) is 12.4 Å². The van der Waals surface area contributed by atoms with Crippen LogP contribution in [-0.2, 0) is 0 Å². The molecule has 0 fully saturated rings. The summed E-state index contributed by atoms with van der Waals surface area (Å²) >= 11 is 0. The number of benzene rings is 2. The minimum absolute atomic E-state index is 0.438. The van der Waals surface area contributed by atoms with E-state index in [-0.39, 0.29) is 0 Å². The third-order valence-corrected chi connectivity index (χ3v) is 4.11. The fraction of sp³-hybridized carbons (Fsp3) is 0.100. The van der Waals surface area contributed by atoms with Gasteiger partial charge in [0.2, 0.25) is 0 Å². The average Bonchev–Trinajstić information content (AvgIpc) is 3.36. The lowest BCUT2D eigenvalue weighted by Gasteiger charge is -2.08. The molecule has 0 radical (unpaired) electrons. The lowest BCUT2D eigenvalue weighted by atomic mass is 10.2. The second-order valence-corrected chi connectivity index (χ2v) is 5.83. The molecule has 0 amide bonds.